The van der Waals surface area contributed by atoms with E-state index >= 15 is 0 Å². The summed E-state index contributed by atoms with van der Waals surface area (Å²) in [5, 5.41) is 2.84. The Kier molecular flexibility index (Phi) is 6.12. The molecule has 5 rings (SSSR count). The molecule has 1 amide bonds. The number of nitrogens with one attached hydrogen (secondary N) is 1. The Bertz CT molecular complexity index is 1450. The van der Waals surface area contributed by atoms with Crippen molar-refractivity contribution in [3.63, 3.8) is 0 Å². The highest BCUT2D eigenvalue weighted by Gasteiger charge is 2.39. The average Bonchev–Trinajstić information content (AvgIpc) is 2.84. The Labute approximate surface area is 211 Å². The van der Waals surface area contributed by atoms with E-state index in [4.69, 9.17) is 0 Å². The van der Waals surface area contributed by atoms with Crippen LogP contribution >= 0.6 is 0 Å². The number of carbonyl (C=O) groups excluding carboxylic acids is 1. The predicted octanol–water partition coefficient (Wildman–Crippen LogP) is 4.21. The van der Waals surface area contributed by atoms with E-state index < -0.39 is 10.0 Å². The maximum Gasteiger partial charge on any atom is 0.255 e. The van der Waals surface area contributed by atoms with Crippen LogP contribution < -0.4 is 10.9 Å². The van der Waals surface area contributed by atoms with E-state index in [-0.39, 0.29) is 33.6 Å². The van der Waals surface area contributed by atoms with Gasteiger partial charge in [-0.3, -0.25) is 9.59 Å². The molecule has 1 aromatic heterocycles. The zero-order chi connectivity index (χ0) is 25.7. The van der Waals surface area contributed by atoms with E-state index in [9.17, 15) is 18.0 Å². The lowest BCUT2D eigenvalue weighted by Crippen LogP contribution is -2.48. The summed E-state index contributed by atoms with van der Waals surface area (Å²) in [6, 6.07) is 19.0. The van der Waals surface area contributed by atoms with Crippen LogP contribution in [0.4, 0.5) is 5.69 Å². The van der Waals surface area contributed by atoms with Crippen LogP contribution in [0.15, 0.2) is 76.4 Å². The number of nitrogens with zero attached hydrogens (tertiary/aromatic N) is 2. The van der Waals surface area contributed by atoms with Crippen molar-refractivity contribution < 1.29 is 13.2 Å². The molecule has 2 aliphatic heterocycles. The first-order valence-corrected chi connectivity index (χ1v) is 13.7. The van der Waals surface area contributed by atoms with E-state index in [0.29, 0.717) is 30.9 Å². The number of sulfonamides is 1. The number of anilines is 1. The third-order valence-corrected chi connectivity index (χ3v) is 9.06. The molecule has 7 nitrogen and oxygen atoms in total. The number of carbonyl (C=O) groups is 1. The summed E-state index contributed by atoms with van der Waals surface area (Å²) in [4.78, 5) is 25.1. The molecular formula is C28H31N3O4S. The second-order valence-electron chi connectivity index (χ2n) is 10.8. The van der Waals surface area contributed by atoms with E-state index in [1.165, 1.54) is 16.4 Å². The molecule has 0 radical (unpaired) electrons. The summed E-state index contributed by atoms with van der Waals surface area (Å²) >= 11 is 0. The minimum Gasteiger partial charge on any atom is -0.322 e. The number of amides is 1. The highest BCUT2D eigenvalue weighted by atomic mass is 32.2. The largest absolute Gasteiger partial charge is 0.322 e. The Morgan fingerprint density at radius 2 is 1.61 bits per heavy atom. The summed E-state index contributed by atoms with van der Waals surface area (Å²) < 4.78 is 30.2. The van der Waals surface area contributed by atoms with Gasteiger partial charge in [0.2, 0.25) is 10.0 Å². The molecule has 36 heavy (non-hydrogen) atoms. The molecule has 1 fully saturated rings. The molecule has 2 bridgehead atoms. The van der Waals surface area contributed by atoms with Gasteiger partial charge in [-0.25, -0.2) is 8.42 Å². The Morgan fingerprint density at radius 3 is 2.28 bits per heavy atom. The second-order valence-corrected chi connectivity index (χ2v) is 12.8. The maximum atomic E-state index is 13.4. The van der Waals surface area contributed by atoms with E-state index in [2.05, 4.69) is 26.1 Å². The summed E-state index contributed by atoms with van der Waals surface area (Å²) in [5.41, 5.74) is 3.10. The quantitative estimate of drug-likeness (QED) is 0.576. The Morgan fingerprint density at radius 1 is 0.917 bits per heavy atom. The van der Waals surface area contributed by atoms with Crippen LogP contribution in [0.2, 0.25) is 0 Å². The van der Waals surface area contributed by atoms with E-state index in [0.717, 1.165) is 17.7 Å². The van der Waals surface area contributed by atoms with Gasteiger partial charge in [0.15, 0.2) is 0 Å². The molecule has 188 valence electrons. The van der Waals surface area contributed by atoms with Crippen molar-refractivity contribution >= 4 is 21.6 Å². The van der Waals surface area contributed by atoms with Gasteiger partial charge in [0, 0.05) is 48.6 Å². The molecule has 2 atom stereocenters. The number of hydrogen-bond acceptors (Lipinski definition) is 4. The van der Waals surface area contributed by atoms with Crippen molar-refractivity contribution in [1.82, 2.24) is 8.87 Å². The number of aromatic nitrogens is 1. The molecule has 0 aliphatic carbocycles. The fraction of sp³-hybridized carbons (Fsp3) is 0.357. The van der Waals surface area contributed by atoms with Gasteiger partial charge in [0.1, 0.15) is 0 Å². The van der Waals surface area contributed by atoms with Crippen molar-refractivity contribution in [3.8, 4) is 0 Å². The summed E-state index contributed by atoms with van der Waals surface area (Å²) in [6.07, 6.45) is 0.886. The number of rotatable bonds is 4. The van der Waals surface area contributed by atoms with Gasteiger partial charge in [-0.2, -0.15) is 4.31 Å². The lowest BCUT2D eigenvalue weighted by molar-refractivity contribution is 0.102. The van der Waals surface area contributed by atoms with Crippen molar-refractivity contribution in [1.29, 1.82) is 0 Å². The minimum absolute atomic E-state index is 0.00408. The highest BCUT2D eigenvalue weighted by Crippen LogP contribution is 2.37. The molecule has 0 unspecified atom stereocenters. The van der Waals surface area contributed by atoms with Gasteiger partial charge in [0.05, 0.1) is 4.90 Å². The highest BCUT2D eigenvalue weighted by molar-refractivity contribution is 7.89. The molecule has 3 heterocycles. The van der Waals surface area contributed by atoms with Crippen LogP contribution in [0, 0.1) is 5.92 Å². The minimum atomic E-state index is -3.70. The van der Waals surface area contributed by atoms with Crippen LogP contribution in [-0.2, 0) is 22.0 Å². The van der Waals surface area contributed by atoms with Crippen LogP contribution in [0.5, 0.6) is 0 Å². The first kappa shape index (κ1) is 24.5. The monoisotopic (exact) mass is 505 g/mol. The normalized spacial score (nSPS) is 20.0. The molecule has 8 heteroatoms. The van der Waals surface area contributed by atoms with E-state index in [1.807, 2.05) is 18.2 Å². The fourth-order valence-corrected chi connectivity index (χ4v) is 6.79. The van der Waals surface area contributed by atoms with Crippen molar-refractivity contribution in [2.24, 2.45) is 5.92 Å². The molecule has 1 saturated heterocycles. The predicted molar refractivity (Wildman–Crippen MR) is 140 cm³/mol. The zero-order valence-electron chi connectivity index (χ0n) is 20.8. The second kappa shape index (κ2) is 9.01. The summed E-state index contributed by atoms with van der Waals surface area (Å²) in [6.45, 7) is 7.64. The lowest BCUT2D eigenvalue weighted by Gasteiger charge is -2.42. The number of benzene rings is 2. The molecule has 0 saturated carbocycles. The van der Waals surface area contributed by atoms with Crippen molar-refractivity contribution in [3.05, 3.63) is 93.9 Å². The molecular weight excluding hydrogens is 474 g/mol. The van der Waals surface area contributed by atoms with Gasteiger partial charge in [0.25, 0.3) is 11.5 Å². The maximum absolute atomic E-state index is 13.4. The lowest BCUT2D eigenvalue weighted by atomic mass is 9.84. The third kappa shape index (κ3) is 4.63. The smallest absolute Gasteiger partial charge is 0.255 e. The average molecular weight is 506 g/mol. The van der Waals surface area contributed by atoms with Gasteiger partial charge >= 0.3 is 0 Å². The fourth-order valence-electron chi connectivity index (χ4n) is 5.23. The van der Waals surface area contributed by atoms with E-state index in [1.54, 1.807) is 41.0 Å². The third-order valence-electron chi connectivity index (χ3n) is 7.21. The molecule has 1 N–H and O–H groups in total. The number of piperidine rings is 1. The number of pyridine rings is 1. The number of fused-ring (bicyclic) bond motifs is 4. The van der Waals surface area contributed by atoms with Crippen LogP contribution in [-0.4, -0.2) is 36.3 Å². The number of hydrogen-bond donors (Lipinski definition) is 1. The SMILES string of the molecule is CC(C)(C)c1ccc(C(=O)Nc2ccc(S(=O)(=O)N3C[C@H]4C[C@@H](C3)c3cccc(=O)n3C4)cc2)cc1. The first-order chi connectivity index (χ1) is 17.0. The van der Waals surface area contributed by atoms with Gasteiger partial charge in [-0.1, -0.05) is 39.0 Å². The molecule has 2 aliphatic rings. The van der Waals surface area contributed by atoms with Crippen LogP contribution in [0.25, 0.3) is 0 Å². The Balaban J connectivity index is 1.29. The van der Waals surface area contributed by atoms with Crippen LogP contribution in [0.1, 0.15) is 54.7 Å². The van der Waals surface area contributed by atoms with Gasteiger partial charge in [-0.15, -0.1) is 0 Å². The zero-order valence-corrected chi connectivity index (χ0v) is 21.6. The van der Waals surface area contributed by atoms with Crippen molar-refractivity contribution in [2.45, 2.75) is 50.0 Å². The molecule has 2 aromatic carbocycles. The Hall–Kier alpha value is -3.23. The first-order valence-electron chi connectivity index (χ1n) is 12.2. The standard InChI is InChI=1S/C28H31N3O4S/c1-28(2,3)22-9-7-20(8-10-22)27(33)29-23-11-13-24(14-12-23)36(34,35)30-16-19-15-21(18-30)25-5-4-6-26(32)31(25)17-19/h4-14,19,21H,15-18H2,1-3H3,(H,29,33)/t19-,21+/m1/s1. The molecule has 0 spiro atoms. The topological polar surface area (TPSA) is 88.5 Å². The van der Waals surface area contributed by atoms with Gasteiger partial charge < -0.3 is 9.88 Å². The van der Waals surface area contributed by atoms with Gasteiger partial charge in [-0.05, 0) is 65.8 Å². The van der Waals surface area contributed by atoms with Crippen LogP contribution in [0.3, 0.4) is 0 Å². The summed E-state index contributed by atoms with van der Waals surface area (Å²) in [7, 11) is -3.70. The molecule has 3 aromatic rings. The van der Waals surface area contributed by atoms with Crippen molar-refractivity contribution in [2.75, 3.05) is 18.4 Å². The summed E-state index contributed by atoms with van der Waals surface area (Å²) in [5.74, 6) is -0.136.